The van der Waals surface area contributed by atoms with Crippen molar-refractivity contribution in [3.63, 3.8) is 0 Å². The third-order valence-electron chi connectivity index (χ3n) is 4.17. The summed E-state index contributed by atoms with van der Waals surface area (Å²) in [5.74, 6) is 0. The molecular formula is C18H27N3. The molecule has 1 unspecified atom stereocenters. The molecule has 0 saturated carbocycles. The molecule has 1 aromatic carbocycles. The zero-order valence-electron chi connectivity index (χ0n) is 13.5. The van der Waals surface area contributed by atoms with E-state index in [1.165, 1.54) is 16.3 Å². The van der Waals surface area contributed by atoms with Crippen molar-refractivity contribution in [1.29, 1.82) is 0 Å². The van der Waals surface area contributed by atoms with Gasteiger partial charge in [0, 0.05) is 23.8 Å². The number of rotatable bonds is 8. The molecule has 0 radical (unpaired) electrons. The number of benzene rings is 1. The molecule has 2 rings (SSSR count). The molecule has 0 aliphatic carbocycles. The lowest BCUT2D eigenvalue weighted by Crippen LogP contribution is -2.29. The highest BCUT2D eigenvalue weighted by Crippen LogP contribution is 2.26. The van der Waals surface area contributed by atoms with Crippen molar-refractivity contribution in [3.05, 3.63) is 42.2 Å². The number of nitrogens with zero attached hydrogens (tertiary/aromatic N) is 2. The number of aromatic nitrogens is 1. The largest absolute Gasteiger partial charge is 0.310 e. The third-order valence-corrected chi connectivity index (χ3v) is 4.17. The Morgan fingerprint density at radius 1 is 1.14 bits per heavy atom. The Kier molecular flexibility index (Phi) is 6.15. The lowest BCUT2D eigenvalue weighted by atomic mass is 9.97. The molecule has 0 saturated heterocycles. The Balaban J connectivity index is 2.23. The van der Waals surface area contributed by atoms with E-state index in [0.29, 0.717) is 6.04 Å². The van der Waals surface area contributed by atoms with E-state index < -0.39 is 0 Å². The summed E-state index contributed by atoms with van der Waals surface area (Å²) in [5, 5.41) is 6.19. The quantitative estimate of drug-likeness (QED) is 0.803. The normalized spacial score (nSPS) is 13.0. The van der Waals surface area contributed by atoms with Gasteiger partial charge in [-0.3, -0.25) is 4.98 Å². The van der Waals surface area contributed by atoms with Crippen LogP contribution in [-0.4, -0.2) is 36.1 Å². The van der Waals surface area contributed by atoms with Crippen molar-refractivity contribution in [3.8, 4) is 0 Å². The fourth-order valence-electron chi connectivity index (χ4n) is 2.92. The maximum absolute atomic E-state index is 4.23. The van der Waals surface area contributed by atoms with Crippen LogP contribution in [0.4, 0.5) is 0 Å². The maximum atomic E-state index is 4.23. The molecule has 1 atom stereocenters. The van der Waals surface area contributed by atoms with Gasteiger partial charge >= 0.3 is 0 Å². The predicted molar refractivity (Wildman–Crippen MR) is 90.6 cm³/mol. The highest BCUT2D eigenvalue weighted by Gasteiger charge is 2.14. The smallest absolute Gasteiger partial charge is 0.0346 e. The van der Waals surface area contributed by atoms with E-state index in [0.717, 1.165) is 32.6 Å². The van der Waals surface area contributed by atoms with Crippen molar-refractivity contribution >= 4 is 10.8 Å². The van der Waals surface area contributed by atoms with E-state index >= 15 is 0 Å². The molecule has 0 aliphatic rings. The van der Waals surface area contributed by atoms with Crippen LogP contribution < -0.4 is 5.32 Å². The highest BCUT2D eigenvalue weighted by atomic mass is 15.1. The van der Waals surface area contributed by atoms with Gasteiger partial charge in [0.1, 0.15) is 0 Å². The predicted octanol–water partition coefficient (Wildman–Crippen LogP) is 3.62. The van der Waals surface area contributed by atoms with Crippen LogP contribution in [0.5, 0.6) is 0 Å². The molecule has 2 aromatic rings. The van der Waals surface area contributed by atoms with E-state index in [1.54, 1.807) is 0 Å². The van der Waals surface area contributed by atoms with E-state index in [2.05, 4.69) is 60.2 Å². The molecule has 1 heterocycles. The first kappa shape index (κ1) is 15.9. The Hall–Kier alpha value is -1.45. The summed E-state index contributed by atoms with van der Waals surface area (Å²) in [6.45, 7) is 11.0. The molecular weight excluding hydrogens is 258 g/mol. The van der Waals surface area contributed by atoms with Crippen LogP contribution in [0.25, 0.3) is 10.8 Å². The summed E-state index contributed by atoms with van der Waals surface area (Å²) < 4.78 is 0. The second kappa shape index (κ2) is 8.11. The van der Waals surface area contributed by atoms with Crippen molar-refractivity contribution in [2.75, 3.05) is 26.2 Å². The van der Waals surface area contributed by atoms with Gasteiger partial charge in [0.25, 0.3) is 0 Å². The van der Waals surface area contributed by atoms with Gasteiger partial charge in [0.2, 0.25) is 0 Å². The van der Waals surface area contributed by atoms with Gasteiger partial charge < -0.3 is 10.2 Å². The minimum Gasteiger partial charge on any atom is -0.310 e. The van der Waals surface area contributed by atoms with Crippen LogP contribution in [0.1, 0.15) is 38.8 Å². The first-order valence-electron chi connectivity index (χ1n) is 8.08. The number of hydrogen-bond acceptors (Lipinski definition) is 3. The molecule has 114 valence electrons. The Bertz CT molecular complexity index is 544. The standard InChI is InChI=1S/C18H27N3/c1-4-20-18(11-13-21(5-2)6-3)17-9-7-8-15-14-19-12-10-16(15)17/h7-10,12,14,18,20H,4-6,11,13H2,1-3H3. The van der Waals surface area contributed by atoms with E-state index in [4.69, 9.17) is 0 Å². The van der Waals surface area contributed by atoms with E-state index in [-0.39, 0.29) is 0 Å². The zero-order valence-corrected chi connectivity index (χ0v) is 13.5. The first-order chi connectivity index (χ1) is 10.3. The fraction of sp³-hybridized carbons (Fsp3) is 0.500. The number of nitrogens with one attached hydrogen (secondary N) is 1. The lowest BCUT2D eigenvalue weighted by Gasteiger charge is -2.24. The summed E-state index contributed by atoms with van der Waals surface area (Å²) in [6.07, 6.45) is 4.97. The SMILES string of the molecule is CCNC(CCN(CC)CC)c1cccc2cnccc12. The molecule has 1 N–H and O–H groups in total. The molecule has 21 heavy (non-hydrogen) atoms. The zero-order chi connectivity index (χ0) is 15.1. The molecule has 0 amide bonds. The minimum atomic E-state index is 0.404. The van der Waals surface area contributed by atoms with E-state index in [1.807, 2.05) is 12.4 Å². The average Bonchev–Trinajstić information content (AvgIpc) is 2.54. The number of fused-ring (bicyclic) bond motifs is 1. The second-order valence-electron chi connectivity index (χ2n) is 5.37. The third kappa shape index (κ3) is 4.02. The van der Waals surface area contributed by atoms with Crippen LogP contribution in [0.15, 0.2) is 36.7 Å². The van der Waals surface area contributed by atoms with Gasteiger partial charge in [-0.2, -0.15) is 0 Å². The van der Waals surface area contributed by atoms with Gasteiger partial charge in [-0.25, -0.2) is 0 Å². The molecule has 0 spiro atoms. The Morgan fingerprint density at radius 2 is 1.95 bits per heavy atom. The molecule has 0 bridgehead atoms. The summed E-state index contributed by atoms with van der Waals surface area (Å²) in [7, 11) is 0. The van der Waals surface area contributed by atoms with E-state index in [9.17, 15) is 0 Å². The Labute approximate surface area is 128 Å². The summed E-state index contributed by atoms with van der Waals surface area (Å²) in [4.78, 5) is 6.71. The van der Waals surface area contributed by atoms with Crippen molar-refractivity contribution < 1.29 is 0 Å². The second-order valence-corrected chi connectivity index (χ2v) is 5.37. The summed E-state index contributed by atoms with van der Waals surface area (Å²) >= 11 is 0. The van der Waals surface area contributed by atoms with Gasteiger partial charge in [-0.1, -0.05) is 39.0 Å². The minimum absolute atomic E-state index is 0.404. The molecule has 0 fully saturated rings. The molecule has 0 aliphatic heterocycles. The van der Waals surface area contributed by atoms with Crippen molar-refractivity contribution in [1.82, 2.24) is 15.2 Å². The molecule has 3 heteroatoms. The van der Waals surface area contributed by atoms with Crippen molar-refractivity contribution in [2.24, 2.45) is 0 Å². The van der Waals surface area contributed by atoms with Gasteiger partial charge in [0.15, 0.2) is 0 Å². The average molecular weight is 285 g/mol. The summed E-state index contributed by atoms with van der Waals surface area (Å²) in [6, 6.07) is 9.06. The maximum Gasteiger partial charge on any atom is 0.0346 e. The monoisotopic (exact) mass is 285 g/mol. The van der Waals surface area contributed by atoms with Crippen LogP contribution in [-0.2, 0) is 0 Å². The topological polar surface area (TPSA) is 28.2 Å². The van der Waals surface area contributed by atoms with Crippen molar-refractivity contribution in [2.45, 2.75) is 33.2 Å². The first-order valence-corrected chi connectivity index (χ1v) is 8.08. The number of pyridine rings is 1. The number of hydrogen-bond donors (Lipinski definition) is 1. The summed E-state index contributed by atoms with van der Waals surface area (Å²) in [5.41, 5.74) is 1.39. The van der Waals surface area contributed by atoms with Crippen LogP contribution in [0.3, 0.4) is 0 Å². The van der Waals surface area contributed by atoms with Crippen LogP contribution >= 0.6 is 0 Å². The van der Waals surface area contributed by atoms with Gasteiger partial charge in [-0.05, 0) is 49.6 Å². The Morgan fingerprint density at radius 3 is 2.67 bits per heavy atom. The van der Waals surface area contributed by atoms with Crippen LogP contribution in [0, 0.1) is 0 Å². The van der Waals surface area contributed by atoms with Gasteiger partial charge in [0.05, 0.1) is 0 Å². The van der Waals surface area contributed by atoms with Crippen LogP contribution in [0.2, 0.25) is 0 Å². The molecule has 1 aromatic heterocycles. The lowest BCUT2D eigenvalue weighted by molar-refractivity contribution is 0.283. The highest BCUT2D eigenvalue weighted by molar-refractivity contribution is 5.85. The molecule has 3 nitrogen and oxygen atoms in total. The fourth-order valence-corrected chi connectivity index (χ4v) is 2.92. The van der Waals surface area contributed by atoms with Gasteiger partial charge in [-0.15, -0.1) is 0 Å².